The van der Waals surface area contributed by atoms with E-state index >= 15 is 0 Å². The molecule has 0 aliphatic rings. The molecule has 0 heterocycles. The lowest BCUT2D eigenvalue weighted by atomic mass is 10.1. The topological polar surface area (TPSA) is 98.9 Å². The third-order valence-electron chi connectivity index (χ3n) is 3.19. The zero-order chi connectivity index (χ0) is 19.5. The van der Waals surface area contributed by atoms with Gasteiger partial charge in [-0.3, -0.25) is 10.1 Å². The van der Waals surface area contributed by atoms with Gasteiger partial charge in [0.25, 0.3) is 0 Å². The molecular weight excluding hydrogens is 359 g/mol. The molecule has 0 unspecified atom stereocenters. The Morgan fingerprint density at radius 2 is 1.81 bits per heavy atom. The second-order valence-electron chi connectivity index (χ2n) is 4.94. The van der Waals surface area contributed by atoms with Gasteiger partial charge in [-0.1, -0.05) is 0 Å². The van der Waals surface area contributed by atoms with Gasteiger partial charge in [0.1, 0.15) is 0 Å². The number of halogens is 3. The maximum Gasteiger partial charge on any atom is 0.416 e. The number of nitrogens with zero attached hydrogens (tertiary/aromatic N) is 1. The van der Waals surface area contributed by atoms with Crippen LogP contribution in [0.5, 0.6) is 17.2 Å². The molecular formula is C16H12F3NO6. The summed E-state index contributed by atoms with van der Waals surface area (Å²) in [6.45, 7) is 1.77. The zero-order valence-corrected chi connectivity index (χ0v) is 13.2. The molecule has 0 aromatic heterocycles. The van der Waals surface area contributed by atoms with Crippen LogP contribution in [0.25, 0.3) is 0 Å². The monoisotopic (exact) mass is 371 g/mol. The number of hydrogen-bond donors (Lipinski definition) is 1. The Labute approximate surface area is 144 Å². The first kappa shape index (κ1) is 19.0. The van der Waals surface area contributed by atoms with E-state index in [1.165, 1.54) is 12.1 Å². The van der Waals surface area contributed by atoms with Crippen molar-refractivity contribution in [2.75, 3.05) is 6.61 Å². The van der Waals surface area contributed by atoms with Gasteiger partial charge in [0.15, 0.2) is 11.5 Å². The number of aromatic carboxylic acids is 1. The Morgan fingerprint density at radius 1 is 1.15 bits per heavy atom. The number of nitro groups is 1. The number of carboxylic acids is 1. The van der Waals surface area contributed by atoms with Crippen LogP contribution in [0.3, 0.4) is 0 Å². The van der Waals surface area contributed by atoms with Crippen molar-refractivity contribution < 1.29 is 37.5 Å². The summed E-state index contributed by atoms with van der Waals surface area (Å²) >= 11 is 0. The van der Waals surface area contributed by atoms with Crippen LogP contribution in [0.15, 0.2) is 36.4 Å². The van der Waals surface area contributed by atoms with E-state index in [0.717, 1.165) is 12.1 Å². The fourth-order valence-electron chi connectivity index (χ4n) is 2.03. The van der Waals surface area contributed by atoms with Crippen LogP contribution >= 0.6 is 0 Å². The van der Waals surface area contributed by atoms with Gasteiger partial charge in [-0.15, -0.1) is 0 Å². The molecule has 0 amide bonds. The molecule has 7 nitrogen and oxygen atoms in total. The molecule has 2 aromatic carbocycles. The second-order valence-corrected chi connectivity index (χ2v) is 4.94. The van der Waals surface area contributed by atoms with Crippen molar-refractivity contribution in [3.05, 3.63) is 57.6 Å². The third-order valence-corrected chi connectivity index (χ3v) is 3.19. The first-order chi connectivity index (χ1) is 12.1. The molecule has 0 spiro atoms. The fraction of sp³-hybridized carbons (Fsp3) is 0.188. The van der Waals surface area contributed by atoms with Crippen molar-refractivity contribution in [2.45, 2.75) is 13.1 Å². The lowest BCUT2D eigenvalue weighted by Crippen LogP contribution is -2.06. The van der Waals surface area contributed by atoms with E-state index in [9.17, 15) is 28.1 Å². The minimum atomic E-state index is -4.75. The molecule has 0 saturated heterocycles. The third kappa shape index (κ3) is 4.21. The van der Waals surface area contributed by atoms with Crippen molar-refractivity contribution in [3.8, 4) is 17.2 Å². The highest BCUT2D eigenvalue weighted by Gasteiger charge is 2.33. The minimum absolute atomic E-state index is 0.0124. The largest absolute Gasteiger partial charge is 0.490 e. The highest BCUT2D eigenvalue weighted by molar-refractivity contribution is 5.88. The van der Waals surface area contributed by atoms with Crippen molar-refractivity contribution in [3.63, 3.8) is 0 Å². The number of carbonyl (C=O) groups is 1. The first-order valence-corrected chi connectivity index (χ1v) is 7.17. The van der Waals surface area contributed by atoms with Gasteiger partial charge in [0.2, 0.25) is 5.75 Å². The number of rotatable bonds is 6. The normalized spacial score (nSPS) is 11.1. The van der Waals surface area contributed by atoms with Crippen LogP contribution in [0.2, 0.25) is 0 Å². The summed E-state index contributed by atoms with van der Waals surface area (Å²) in [5.41, 5.74) is -2.19. The van der Waals surface area contributed by atoms with Gasteiger partial charge in [-0.05, 0) is 37.3 Å². The van der Waals surface area contributed by atoms with Crippen LogP contribution < -0.4 is 9.47 Å². The van der Waals surface area contributed by atoms with Gasteiger partial charge in [0, 0.05) is 6.07 Å². The molecule has 26 heavy (non-hydrogen) atoms. The lowest BCUT2D eigenvalue weighted by molar-refractivity contribution is -0.385. The lowest BCUT2D eigenvalue weighted by Gasteiger charge is -2.13. The van der Waals surface area contributed by atoms with Gasteiger partial charge < -0.3 is 14.6 Å². The van der Waals surface area contributed by atoms with Crippen LogP contribution in [0, 0.1) is 10.1 Å². The molecule has 0 aliphatic heterocycles. The molecule has 0 fully saturated rings. The Balaban J connectivity index is 2.47. The average Bonchev–Trinajstić information content (AvgIpc) is 2.55. The van der Waals surface area contributed by atoms with E-state index in [2.05, 4.69) is 0 Å². The first-order valence-electron chi connectivity index (χ1n) is 7.17. The number of carboxylic acid groups (broad SMARTS) is 1. The van der Waals surface area contributed by atoms with E-state index in [4.69, 9.17) is 14.6 Å². The van der Waals surface area contributed by atoms with Crippen molar-refractivity contribution in [1.82, 2.24) is 0 Å². The summed E-state index contributed by atoms with van der Waals surface area (Å²) in [6.07, 6.45) is -4.75. The SMILES string of the molecule is CCOc1cc(C(=O)O)ccc1Oc1ccc(C(F)(F)F)cc1[N+](=O)[O-]. The number of nitro benzene ring substituents is 1. The molecule has 0 bridgehead atoms. The summed E-state index contributed by atoms with van der Waals surface area (Å²) < 4.78 is 48.8. The Morgan fingerprint density at radius 3 is 2.35 bits per heavy atom. The quantitative estimate of drug-likeness (QED) is 0.593. The molecule has 138 valence electrons. The second kappa shape index (κ2) is 7.30. The molecule has 10 heteroatoms. The predicted molar refractivity (Wildman–Crippen MR) is 82.7 cm³/mol. The molecule has 0 aliphatic carbocycles. The summed E-state index contributed by atoms with van der Waals surface area (Å²) in [5.74, 6) is -1.74. The molecule has 1 N–H and O–H groups in total. The van der Waals surface area contributed by atoms with Gasteiger partial charge >= 0.3 is 17.8 Å². The number of hydrogen-bond acceptors (Lipinski definition) is 5. The van der Waals surface area contributed by atoms with E-state index in [-0.39, 0.29) is 23.7 Å². The van der Waals surface area contributed by atoms with Crippen LogP contribution in [0.4, 0.5) is 18.9 Å². The maximum absolute atomic E-state index is 12.7. The fourth-order valence-corrected chi connectivity index (χ4v) is 2.03. The highest BCUT2D eigenvalue weighted by Crippen LogP contribution is 2.40. The van der Waals surface area contributed by atoms with Crippen molar-refractivity contribution in [2.24, 2.45) is 0 Å². The summed E-state index contributed by atoms with van der Waals surface area (Å²) in [6, 6.07) is 5.36. The van der Waals surface area contributed by atoms with Crippen molar-refractivity contribution >= 4 is 11.7 Å². The maximum atomic E-state index is 12.7. The van der Waals surface area contributed by atoms with Crippen LogP contribution in [-0.2, 0) is 6.18 Å². The summed E-state index contributed by atoms with van der Waals surface area (Å²) in [5, 5.41) is 20.1. The van der Waals surface area contributed by atoms with Crippen LogP contribution in [0.1, 0.15) is 22.8 Å². The van der Waals surface area contributed by atoms with E-state index < -0.39 is 34.1 Å². The molecule has 0 radical (unpaired) electrons. The summed E-state index contributed by atoms with van der Waals surface area (Å²) in [7, 11) is 0. The van der Waals surface area contributed by atoms with E-state index in [1.54, 1.807) is 6.92 Å². The van der Waals surface area contributed by atoms with Gasteiger partial charge in [0.05, 0.1) is 22.7 Å². The minimum Gasteiger partial charge on any atom is -0.490 e. The van der Waals surface area contributed by atoms with Crippen molar-refractivity contribution in [1.29, 1.82) is 0 Å². The Hall–Kier alpha value is -3.30. The highest BCUT2D eigenvalue weighted by atomic mass is 19.4. The summed E-state index contributed by atoms with van der Waals surface area (Å²) in [4.78, 5) is 21.1. The van der Waals surface area contributed by atoms with Gasteiger partial charge in [-0.2, -0.15) is 13.2 Å². The predicted octanol–water partition coefficient (Wildman–Crippen LogP) is 4.50. The smallest absolute Gasteiger partial charge is 0.416 e. The number of ether oxygens (including phenoxy) is 2. The van der Waals surface area contributed by atoms with E-state index in [1.807, 2.05) is 0 Å². The average molecular weight is 371 g/mol. The number of alkyl halides is 3. The molecule has 0 saturated carbocycles. The standard InChI is InChI=1S/C16H12F3NO6/c1-2-25-14-7-9(15(21)22)3-5-13(14)26-12-6-4-10(16(17,18)19)8-11(12)20(23)24/h3-8H,2H2,1H3,(H,21,22). The Kier molecular flexibility index (Phi) is 5.34. The van der Waals surface area contributed by atoms with E-state index in [0.29, 0.717) is 12.1 Å². The molecule has 2 rings (SSSR count). The number of benzene rings is 2. The Bertz CT molecular complexity index is 850. The molecule has 2 aromatic rings. The van der Waals surface area contributed by atoms with Crippen LogP contribution in [-0.4, -0.2) is 22.6 Å². The zero-order valence-electron chi connectivity index (χ0n) is 13.2. The molecule has 0 atom stereocenters. The van der Waals surface area contributed by atoms with Gasteiger partial charge in [-0.25, -0.2) is 4.79 Å².